The quantitative estimate of drug-likeness (QED) is 0.858. The van der Waals surface area contributed by atoms with Crippen LogP contribution in [0.1, 0.15) is 19.3 Å². The minimum atomic E-state index is -0.707. The van der Waals surface area contributed by atoms with Gasteiger partial charge in [0, 0.05) is 25.3 Å². The van der Waals surface area contributed by atoms with Crippen LogP contribution in [0.5, 0.6) is 0 Å². The van der Waals surface area contributed by atoms with E-state index in [-0.39, 0.29) is 5.92 Å². The van der Waals surface area contributed by atoms with Gasteiger partial charge in [-0.05, 0) is 37.5 Å². The Morgan fingerprint density at radius 3 is 3.14 bits per heavy atom. The Morgan fingerprint density at radius 1 is 1.50 bits per heavy atom. The molecule has 0 bridgehead atoms. The normalized spacial score (nSPS) is 18.5. The molecule has 1 fully saturated rings. The summed E-state index contributed by atoms with van der Waals surface area (Å²) in [5.74, 6) is -0.992. The maximum absolute atomic E-state index is 11.2. The number of hydrogen-bond acceptors (Lipinski definition) is 4. The molecule has 2 heterocycles. The number of carbonyl (C=O) groups is 1. The van der Waals surface area contributed by atoms with Crippen molar-refractivity contribution in [1.29, 1.82) is 0 Å². The molecule has 6 heteroatoms. The van der Waals surface area contributed by atoms with E-state index in [4.69, 9.17) is 0 Å². The summed E-state index contributed by atoms with van der Waals surface area (Å²) in [4.78, 5) is 13.3. The van der Waals surface area contributed by atoms with E-state index >= 15 is 0 Å². The van der Waals surface area contributed by atoms with Crippen molar-refractivity contribution in [2.45, 2.75) is 25.8 Å². The van der Waals surface area contributed by atoms with Crippen LogP contribution in [0.25, 0.3) is 11.0 Å². The van der Waals surface area contributed by atoms with E-state index in [1.54, 1.807) is 0 Å². The molecular weight excluding hydrogens is 280 g/mol. The fourth-order valence-corrected chi connectivity index (χ4v) is 2.95. The van der Waals surface area contributed by atoms with Crippen LogP contribution in [-0.2, 0) is 11.3 Å². The van der Waals surface area contributed by atoms with Gasteiger partial charge >= 0.3 is 5.97 Å². The second kappa shape index (κ2) is 6.17. The zero-order valence-electron chi connectivity index (χ0n) is 12.5. The Balaban J connectivity index is 1.83. The van der Waals surface area contributed by atoms with Crippen LogP contribution < -0.4 is 4.90 Å². The number of aliphatic carboxylic acids is 1. The third kappa shape index (κ3) is 2.81. The van der Waals surface area contributed by atoms with Crippen LogP contribution in [0, 0.1) is 5.92 Å². The van der Waals surface area contributed by atoms with Crippen molar-refractivity contribution in [1.82, 2.24) is 15.0 Å². The molecule has 0 aliphatic carbocycles. The van der Waals surface area contributed by atoms with Crippen molar-refractivity contribution in [2.75, 3.05) is 18.0 Å². The Hall–Kier alpha value is -2.37. The second-order valence-corrected chi connectivity index (χ2v) is 5.69. The van der Waals surface area contributed by atoms with Gasteiger partial charge in [0.15, 0.2) is 0 Å². The fourth-order valence-electron chi connectivity index (χ4n) is 2.95. The highest BCUT2D eigenvalue weighted by Crippen LogP contribution is 2.26. The molecule has 1 unspecified atom stereocenters. The topological polar surface area (TPSA) is 71.2 Å². The molecule has 1 aliphatic rings. The van der Waals surface area contributed by atoms with Crippen LogP contribution in [0.3, 0.4) is 0 Å². The number of fused-ring (bicyclic) bond motifs is 1. The van der Waals surface area contributed by atoms with Crippen molar-refractivity contribution in [3.8, 4) is 0 Å². The highest BCUT2D eigenvalue weighted by molar-refractivity contribution is 5.79. The predicted molar refractivity (Wildman–Crippen MR) is 84.9 cm³/mol. The third-order valence-electron chi connectivity index (χ3n) is 4.18. The largest absolute Gasteiger partial charge is 0.481 e. The highest BCUT2D eigenvalue weighted by atomic mass is 16.4. The van der Waals surface area contributed by atoms with Crippen molar-refractivity contribution >= 4 is 22.7 Å². The minimum absolute atomic E-state index is 0.285. The van der Waals surface area contributed by atoms with Crippen LogP contribution in [0.4, 0.5) is 5.69 Å². The first-order chi connectivity index (χ1) is 10.7. The van der Waals surface area contributed by atoms with Crippen LogP contribution in [0.15, 0.2) is 30.9 Å². The number of anilines is 1. The van der Waals surface area contributed by atoms with Gasteiger partial charge in [0.1, 0.15) is 5.52 Å². The van der Waals surface area contributed by atoms with E-state index in [1.165, 1.54) is 0 Å². The summed E-state index contributed by atoms with van der Waals surface area (Å²) in [5, 5.41) is 17.6. The monoisotopic (exact) mass is 300 g/mol. The Kier molecular flexibility index (Phi) is 4.09. The number of allylic oxidation sites excluding steroid dienone is 1. The maximum atomic E-state index is 11.2. The summed E-state index contributed by atoms with van der Waals surface area (Å²) in [7, 11) is 0. The summed E-state index contributed by atoms with van der Waals surface area (Å²) in [6.07, 6.45) is 4.38. The number of aromatic nitrogens is 3. The van der Waals surface area contributed by atoms with Gasteiger partial charge in [0.2, 0.25) is 0 Å². The fraction of sp³-hybridized carbons (Fsp3) is 0.438. The molecule has 1 aromatic carbocycles. The Labute approximate surface area is 129 Å². The van der Waals surface area contributed by atoms with E-state index < -0.39 is 5.97 Å². The molecule has 1 saturated heterocycles. The highest BCUT2D eigenvalue weighted by Gasteiger charge is 2.25. The Bertz CT molecular complexity index is 695. The van der Waals surface area contributed by atoms with Crippen molar-refractivity contribution in [2.24, 2.45) is 5.92 Å². The van der Waals surface area contributed by atoms with Crippen LogP contribution >= 0.6 is 0 Å². The maximum Gasteiger partial charge on any atom is 0.308 e. The predicted octanol–water partition coefficient (Wildman–Crippen LogP) is 2.31. The first-order valence-electron chi connectivity index (χ1n) is 7.61. The van der Waals surface area contributed by atoms with Gasteiger partial charge in [0.25, 0.3) is 0 Å². The lowest BCUT2D eigenvalue weighted by molar-refractivity contribution is -0.141. The van der Waals surface area contributed by atoms with Crippen molar-refractivity contribution in [3.05, 3.63) is 30.9 Å². The first-order valence-corrected chi connectivity index (χ1v) is 7.61. The molecular formula is C16H20N4O2. The minimum Gasteiger partial charge on any atom is -0.481 e. The molecule has 0 spiro atoms. The van der Waals surface area contributed by atoms with Gasteiger partial charge in [0.05, 0.1) is 11.4 Å². The molecule has 0 saturated carbocycles. The van der Waals surface area contributed by atoms with Crippen LogP contribution in [0.2, 0.25) is 0 Å². The zero-order chi connectivity index (χ0) is 15.5. The number of hydrogen-bond donors (Lipinski definition) is 1. The molecule has 22 heavy (non-hydrogen) atoms. The summed E-state index contributed by atoms with van der Waals surface area (Å²) < 4.78 is 1.87. The Morgan fingerprint density at radius 2 is 2.36 bits per heavy atom. The van der Waals surface area contributed by atoms with E-state index in [0.29, 0.717) is 6.54 Å². The van der Waals surface area contributed by atoms with Gasteiger partial charge in [-0.2, -0.15) is 0 Å². The average Bonchev–Trinajstić information content (AvgIpc) is 2.95. The second-order valence-electron chi connectivity index (χ2n) is 5.69. The summed E-state index contributed by atoms with van der Waals surface area (Å²) in [6.45, 7) is 5.94. The lowest BCUT2D eigenvalue weighted by Crippen LogP contribution is -2.38. The third-order valence-corrected chi connectivity index (χ3v) is 4.18. The van der Waals surface area contributed by atoms with Crippen molar-refractivity contribution in [3.63, 3.8) is 0 Å². The van der Waals surface area contributed by atoms with Gasteiger partial charge in [-0.25, -0.2) is 4.68 Å². The van der Waals surface area contributed by atoms with E-state index in [9.17, 15) is 9.90 Å². The number of aryl methyl sites for hydroxylation is 1. The summed E-state index contributed by atoms with van der Waals surface area (Å²) in [5.41, 5.74) is 2.87. The number of benzene rings is 1. The summed E-state index contributed by atoms with van der Waals surface area (Å²) in [6, 6.07) is 6.04. The summed E-state index contributed by atoms with van der Waals surface area (Å²) >= 11 is 0. The SMILES string of the molecule is C=CCCn1nnc2cc(N3CCCC(C(=O)O)C3)ccc21. The molecule has 3 rings (SSSR count). The molecule has 6 nitrogen and oxygen atoms in total. The number of nitrogens with zero attached hydrogens (tertiary/aromatic N) is 4. The number of rotatable bonds is 5. The van der Waals surface area contributed by atoms with Crippen molar-refractivity contribution < 1.29 is 9.90 Å². The van der Waals surface area contributed by atoms with Crippen LogP contribution in [-0.4, -0.2) is 39.2 Å². The molecule has 1 aliphatic heterocycles. The van der Waals surface area contributed by atoms with Gasteiger partial charge in [-0.3, -0.25) is 4.79 Å². The smallest absolute Gasteiger partial charge is 0.308 e. The molecule has 116 valence electrons. The lowest BCUT2D eigenvalue weighted by Gasteiger charge is -2.32. The van der Waals surface area contributed by atoms with Gasteiger partial charge < -0.3 is 10.0 Å². The molecule has 1 atom stereocenters. The number of piperidine rings is 1. The average molecular weight is 300 g/mol. The molecule has 1 aromatic heterocycles. The zero-order valence-corrected chi connectivity index (χ0v) is 12.5. The molecule has 2 aromatic rings. The van der Waals surface area contributed by atoms with Gasteiger partial charge in [-0.15, -0.1) is 11.7 Å². The molecule has 1 N–H and O–H groups in total. The number of carboxylic acids is 1. The van der Waals surface area contributed by atoms with E-state index in [0.717, 1.165) is 49.1 Å². The number of carboxylic acid groups (broad SMARTS) is 1. The van der Waals surface area contributed by atoms with E-state index in [2.05, 4.69) is 21.8 Å². The first kappa shape index (κ1) is 14.6. The molecule has 0 amide bonds. The molecule has 0 radical (unpaired) electrons. The lowest BCUT2D eigenvalue weighted by atomic mass is 9.98. The standard InChI is InChI=1S/C16H20N4O2/c1-2-3-9-20-15-7-6-13(10-14(15)17-18-20)19-8-4-5-12(11-19)16(21)22/h2,6-7,10,12H,1,3-5,8-9,11H2,(H,21,22). The van der Waals surface area contributed by atoms with Gasteiger partial charge in [-0.1, -0.05) is 11.3 Å². The van der Waals surface area contributed by atoms with E-state index in [1.807, 2.05) is 29.0 Å².